The molecule has 0 radical (unpaired) electrons. The van der Waals surface area contributed by atoms with Crippen molar-refractivity contribution in [2.45, 2.75) is 6.42 Å². The molecule has 0 aliphatic carbocycles. The number of aromatic amines is 2. The van der Waals surface area contributed by atoms with Gasteiger partial charge in [0.2, 0.25) is 0 Å². The highest BCUT2D eigenvalue weighted by Crippen LogP contribution is 2.23. The molecule has 0 saturated heterocycles. The first-order valence-electron chi connectivity index (χ1n) is 7.53. The largest absolute Gasteiger partial charge is 0.481 e. The molecule has 4 aromatic rings. The number of aromatic nitrogens is 2. The fourth-order valence-corrected chi connectivity index (χ4v) is 2.62. The monoisotopic (exact) mass is 337 g/mol. The minimum Gasteiger partial charge on any atom is -0.481 e. The summed E-state index contributed by atoms with van der Waals surface area (Å²) in [6, 6.07) is 14.2. The number of carbonyl (C=O) groups is 1. The quantitative estimate of drug-likeness (QED) is 0.389. The number of carboxylic acids is 1. The van der Waals surface area contributed by atoms with Crippen molar-refractivity contribution < 1.29 is 14.8 Å². The zero-order valence-corrected chi connectivity index (χ0v) is 13.1. The van der Waals surface area contributed by atoms with Gasteiger partial charge in [0.15, 0.2) is 0 Å². The van der Waals surface area contributed by atoms with Crippen LogP contribution in [0.5, 0.6) is 0 Å². The second-order valence-corrected chi connectivity index (χ2v) is 5.44. The zero-order valence-electron chi connectivity index (χ0n) is 13.1. The Hall–Kier alpha value is -3.61. The average molecular weight is 337 g/mol. The van der Waals surface area contributed by atoms with Crippen molar-refractivity contribution >= 4 is 33.5 Å². The van der Waals surface area contributed by atoms with E-state index in [-0.39, 0.29) is 17.0 Å². The molecule has 7 nitrogen and oxygen atoms in total. The van der Waals surface area contributed by atoms with E-state index in [1.54, 1.807) is 18.3 Å². The van der Waals surface area contributed by atoms with Crippen LogP contribution in [0.3, 0.4) is 0 Å². The molecule has 3 N–H and O–H groups in total. The summed E-state index contributed by atoms with van der Waals surface area (Å²) >= 11 is 0. The lowest BCUT2D eigenvalue weighted by atomic mass is 10.1. The zero-order chi connectivity index (χ0) is 17.8. The number of benzene rings is 2. The van der Waals surface area contributed by atoms with Crippen LogP contribution in [0.25, 0.3) is 21.8 Å². The predicted molar refractivity (Wildman–Crippen MR) is 94.6 cm³/mol. The number of nitrogens with zero attached hydrogens (tertiary/aromatic N) is 1. The van der Waals surface area contributed by atoms with Crippen LogP contribution in [0.1, 0.15) is 5.56 Å². The average Bonchev–Trinajstić information content (AvgIpc) is 3.22. The SMILES string of the molecule is O=C(O)Cc1ccc2[nH]ccc2c1.O=[N+]([O-])c1cccc2[nH]ccc12. The summed E-state index contributed by atoms with van der Waals surface area (Å²) < 4.78 is 0. The third-order valence-corrected chi connectivity index (χ3v) is 3.74. The molecule has 0 spiro atoms. The van der Waals surface area contributed by atoms with Crippen LogP contribution in [0, 0.1) is 10.1 Å². The number of fused-ring (bicyclic) bond motifs is 2. The number of aliphatic carboxylic acids is 1. The van der Waals surface area contributed by atoms with Crippen molar-refractivity contribution in [2.24, 2.45) is 0 Å². The van der Waals surface area contributed by atoms with Crippen LogP contribution < -0.4 is 0 Å². The first-order valence-corrected chi connectivity index (χ1v) is 7.53. The Balaban J connectivity index is 0.000000146. The minimum absolute atomic E-state index is 0.0844. The lowest BCUT2D eigenvalue weighted by Crippen LogP contribution is -1.99. The molecule has 0 aliphatic heterocycles. The molecule has 7 heteroatoms. The van der Waals surface area contributed by atoms with Gasteiger partial charge >= 0.3 is 5.97 Å². The third-order valence-electron chi connectivity index (χ3n) is 3.74. The predicted octanol–water partition coefficient (Wildman–Crippen LogP) is 3.87. The van der Waals surface area contributed by atoms with Crippen molar-refractivity contribution in [2.75, 3.05) is 0 Å². The van der Waals surface area contributed by atoms with Crippen LogP contribution in [0.15, 0.2) is 60.9 Å². The fraction of sp³-hybridized carbons (Fsp3) is 0.0556. The number of nitro groups is 1. The smallest absolute Gasteiger partial charge is 0.307 e. The van der Waals surface area contributed by atoms with E-state index in [0.29, 0.717) is 5.39 Å². The van der Waals surface area contributed by atoms with Crippen molar-refractivity contribution in [3.8, 4) is 0 Å². The molecule has 0 aliphatic rings. The van der Waals surface area contributed by atoms with Crippen LogP contribution in [-0.2, 0) is 11.2 Å². The molecular weight excluding hydrogens is 322 g/mol. The molecule has 0 fully saturated rings. The number of hydrogen-bond acceptors (Lipinski definition) is 3. The van der Waals surface area contributed by atoms with E-state index in [0.717, 1.165) is 22.0 Å². The summed E-state index contributed by atoms with van der Waals surface area (Å²) in [6.07, 6.45) is 3.62. The van der Waals surface area contributed by atoms with Gasteiger partial charge in [-0.1, -0.05) is 12.1 Å². The van der Waals surface area contributed by atoms with Gasteiger partial charge < -0.3 is 15.1 Å². The van der Waals surface area contributed by atoms with Gasteiger partial charge in [-0.15, -0.1) is 0 Å². The molecule has 0 bridgehead atoms. The Bertz CT molecular complexity index is 1050. The second kappa shape index (κ2) is 6.88. The van der Waals surface area contributed by atoms with E-state index < -0.39 is 5.97 Å². The Morgan fingerprint density at radius 1 is 1.04 bits per heavy atom. The van der Waals surface area contributed by atoms with Crippen LogP contribution in [-0.4, -0.2) is 26.0 Å². The molecule has 2 aromatic heterocycles. The number of nitrogens with one attached hydrogen (secondary N) is 2. The summed E-state index contributed by atoms with van der Waals surface area (Å²) in [5, 5.41) is 20.8. The summed E-state index contributed by atoms with van der Waals surface area (Å²) in [4.78, 5) is 26.5. The summed E-state index contributed by atoms with van der Waals surface area (Å²) in [5.74, 6) is -0.796. The van der Waals surface area contributed by atoms with Crippen molar-refractivity contribution in [3.05, 3.63) is 76.6 Å². The first kappa shape index (κ1) is 16.3. The maximum atomic E-state index is 10.5. The van der Waals surface area contributed by atoms with Crippen LogP contribution >= 0.6 is 0 Å². The van der Waals surface area contributed by atoms with E-state index in [1.807, 2.05) is 36.5 Å². The third kappa shape index (κ3) is 3.66. The topological polar surface area (TPSA) is 112 Å². The number of hydrogen-bond donors (Lipinski definition) is 3. The number of nitro benzene ring substituents is 1. The van der Waals surface area contributed by atoms with E-state index in [4.69, 9.17) is 5.11 Å². The van der Waals surface area contributed by atoms with Gasteiger partial charge in [0, 0.05) is 24.0 Å². The van der Waals surface area contributed by atoms with E-state index in [9.17, 15) is 14.9 Å². The normalized spacial score (nSPS) is 10.4. The minimum atomic E-state index is -0.796. The maximum absolute atomic E-state index is 10.5. The van der Waals surface area contributed by atoms with Gasteiger partial charge in [-0.25, -0.2) is 0 Å². The van der Waals surface area contributed by atoms with E-state index in [1.165, 1.54) is 6.07 Å². The van der Waals surface area contributed by atoms with Gasteiger partial charge in [0.1, 0.15) is 0 Å². The Morgan fingerprint density at radius 2 is 1.80 bits per heavy atom. The van der Waals surface area contributed by atoms with E-state index >= 15 is 0 Å². The van der Waals surface area contributed by atoms with Gasteiger partial charge in [-0.3, -0.25) is 14.9 Å². The standard InChI is InChI=1S/C10H9NO2.C8H6N2O2/c12-10(13)6-7-1-2-9-8(5-7)3-4-11-9;11-10(12)8-3-1-2-7-6(8)4-5-9-7/h1-5,11H,6H2,(H,12,13);1-5,9H. The summed E-state index contributed by atoms with van der Waals surface area (Å²) in [6.45, 7) is 0. The van der Waals surface area contributed by atoms with Gasteiger partial charge in [-0.05, 0) is 41.3 Å². The first-order chi connectivity index (χ1) is 12.0. The lowest BCUT2D eigenvalue weighted by Gasteiger charge is -1.96. The van der Waals surface area contributed by atoms with Crippen LogP contribution in [0.4, 0.5) is 5.69 Å². The molecule has 0 atom stereocenters. The Labute approximate surface area is 142 Å². The number of carboxylic acid groups (broad SMARTS) is 1. The molecule has 4 rings (SSSR count). The number of H-pyrrole nitrogens is 2. The van der Waals surface area contributed by atoms with Gasteiger partial charge in [-0.2, -0.15) is 0 Å². The molecule has 2 aromatic carbocycles. The molecule has 0 unspecified atom stereocenters. The Morgan fingerprint density at radius 3 is 2.56 bits per heavy atom. The van der Waals surface area contributed by atoms with Crippen LogP contribution in [0.2, 0.25) is 0 Å². The van der Waals surface area contributed by atoms with Crippen molar-refractivity contribution in [1.82, 2.24) is 9.97 Å². The second-order valence-electron chi connectivity index (χ2n) is 5.44. The van der Waals surface area contributed by atoms with Gasteiger partial charge in [0.05, 0.1) is 22.2 Å². The highest BCUT2D eigenvalue weighted by molar-refractivity contribution is 5.88. The molecule has 25 heavy (non-hydrogen) atoms. The highest BCUT2D eigenvalue weighted by Gasteiger charge is 2.10. The van der Waals surface area contributed by atoms with Crippen molar-refractivity contribution in [3.63, 3.8) is 0 Å². The number of rotatable bonds is 3. The summed E-state index contributed by atoms with van der Waals surface area (Å²) in [7, 11) is 0. The molecule has 126 valence electrons. The molecule has 0 amide bonds. The molecular formula is C18H15N3O4. The Kier molecular flexibility index (Phi) is 4.47. The fourth-order valence-electron chi connectivity index (χ4n) is 2.62. The number of non-ortho nitro benzene ring substituents is 1. The lowest BCUT2D eigenvalue weighted by molar-refractivity contribution is -0.383. The summed E-state index contributed by atoms with van der Waals surface area (Å²) in [5.41, 5.74) is 2.81. The molecule has 2 heterocycles. The maximum Gasteiger partial charge on any atom is 0.307 e. The van der Waals surface area contributed by atoms with Crippen molar-refractivity contribution in [1.29, 1.82) is 0 Å². The molecule has 0 saturated carbocycles. The van der Waals surface area contributed by atoms with Gasteiger partial charge in [0.25, 0.3) is 5.69 Å². The highest BCUT2D eigenvalue weighted by atomic mass is 16.6. The van der Waals surface area contributed by atoms with E-state index in [2.05, 4.69) is 9.97 Å².